The Bertz CT molecular complexity index is 1210. The zero-order valence-corrected chi connectivity index (χ0v) is 27.6. The quantitative estimate of drug-likeness (QED) is 0.350. The molecule has 6 heteroatoms. The smallest absolute Gasteiger partial charge is 0.407 e. The number of carboxylic acid groups (broad SMARTS) is 1. The van der Waals surface area contributed by atoms with Gasteiger partial charge in [0, 0.05) is 12.1 Å². The molecule has 5 fully saturated rings. The summed E-state index contributed by atoms with van der Waals surface area (Å²) in [5.74, 6) is 3.06. The number of aromatic carboxylic acids is 1. The molecule has 2 N–H and O–H groups in total. The maximum atomic E-state index is 12.9. The van der Waals surface area contributed by atoms with Gasteiger partial charge in [-0.1, -0.05) is 46.2 Å². The van der Waals surface area contributed by atoms with Gasteiger partial charge < -0.3 is 20.1 Å². The summed E-state index contributed by atoms with van der Waals surface area (Å²) in [6, 6.07) is 7.76. The lowest BCUT2D eigenvalue weighted by atomic mass is 9.35. The van der Waals surface area contributed by atoms with Crippen LogP contribution in [0.5, 0.6) is 0 Å². The van der Waals surface area contributed by atoms with Gasteiger partial charge in [-0.3, -0.25) is 0 Å². The van der Waals surface area contributed by atoms with Crippen molar-refractivity contribution in [3.63, 3.8) is 0 Å². The van der Waals surface area contributed by atoms with Gasteiger partial charge in [-0.05, 0) is 148 Å². The van der Waals surface area contributed by atoms with E-state index in [0.717, 1.165) is 31.2 Å². The van der Waals surface area contributed by atoms with Crippen LogP contribution < -0.4 is 5.32 Å². The van der Waals surface area contributed by atoms with Gasteiger partial charge in [0.1, 0.15) is 6.61 Å². The van der Waals surface area contributed by atoms with Crippen LogP contribution in [-0.4, -0.2) is 54.9 Å². The SMILES string of the molecule is CN(C)CCOC(=O)N[C@]12CCC[C@@H]1[C@H]1CCC3[C@@](C)(CCC4C(C)(C)[C@H](c5ccc(C(=O)O)cc5)CC[C@@]43C)C1CC2. The minimum absolute atomic E-state index is 0.0725. The minimum Gasteiger partial charge on any atom is -0.478 e. The number of carbonyl (C=O) groups is 2. The zero-order valence-electron chi connectivity index (χ0n) is 27.6. The number of nitrogens with one attached hydrogen (secondary N) is 1. The molecule has 9 atom stereocenters. The van der Waals surface area contributed by atoms with Crippen LogP contribution in [0.4, 0.5) is 4.79 Å². The number of hydrogen-bond donors (Lipinski definition) is 2. The van der Waals surface area contributed by atoms with Gasteiger partial charge in [-0.2, -0.15) is 0 Å². The maximum absolute atomic E-state index is 12.9. The number of amides is 1. The molecule has 1 amide bonds. The summed E-state index contributed by atoms with van der Waals surface area (Å²) in [7, 11) is 4.01. The lowest BCUT2D eigenvalue weighted by Crippen LogP contribution is -2.64. The summed E-state index contributed by atoms with van der Waals surface area (Å²) in [6.07, 6.45) is 13.3. The predicted octanol–water partition coefficient (Wildman–Crippen LogP) is 7.97. The van der Waals surface area contributed by atoms with Crippen LogP contribution in [0.1, 0.15) is 120 Å². The number of rotatable bonds is 6. The molecular weight excluding hydrogens is 536 g/mol. The first kappa shape index (κ1) is 30.9. The Morgan fingerprint density at radius 1 is 0.860 bits per heavy atom. The molecule has 0 saturated heterocycles. The van der Waals surface area contributed by atoms with Crippen molar-refractivity contribution in [2.24, 2.45) is 45.8 Å². The van der Waals surface area contributed by atoms with Crippen molar-refractivity contribution in [2.45, 2.75) is 110 Å². The van der Waals surface area contributed by atoms with Crippen molar-refractivity contribution >= 4 is 12.1 Å². The van der Waals surface area contributed by atoms with Crippen LogP contribution >= 0.6 is 0 Å². The van der Waals surface area contributed by atoms with E-state index in [4.69, 9.17) is 4.74 Å². The summed E-state index contributed by atoms with van der Waals surface area (Å²) in [4.78, 5) is 26.5. The van der Waals surface area contributed by atoms with Crippen LogP contribution in [0.25, 0.3) is 0 Å². The molecule has 3 unspecified atom stereocenters. The third-order valence-electron chi connectivity index (χ3n) is 14.2. The number of ether oxygens (including phenoxy) is 1. The third kappa shape index (κ3) is 5.02. The molecule has 5 aliphatic carbocycles. The Morgan fingerprint density at radius 3 is 2.28 bits per heavy atom. The first-order valence-corrected chi connectivity index (χ1v) is 17.2. The molecule has 6 nitrogen and oxygen atoms in total. The molecule has 0 aromatic heterocycles. The van der Waals surface area contributed by atoms with E-state index >= 15 is 0 Å². The van der Waals surface area contributed by atoms with Crippen molar-refractivity contribution in [3.8, 4) is 0 Å². The normalized spacial score (nSPS) is 41.4. The molecule has 0 aliphatic heterocycles. The number of benzene rings is 1. The number of hydrogen-bond acceptors (Lipinski definition) is 4. The summed E-state index contributed by atoms with van der Waals surface area (Å²) in [5.41, 5.74) is 2.48. The molecule has 5 saturated carbocycles. The molecule has 6 rings (SSSR count). The molecule has 0 spiro atoms. The molecule has 238 valence electrons. The van der Waals surface area contributed by atoms with Gasteiger partial charge in [-0.15, -0.1) is 0 Å². The predicted molar refractivity (Wildman–Crippen MR) is 170 cm³/mol. The molecule has 0 radical (unpaired) electrons. The van der Waals surface area contributed by atoms with Gasteiger partial charge >= 0.3 is 12.1 Å². The van der Waals surface area contributed by atoms with E-state index < -0.39 is 5.97 Å². The fraction of sp³-hybridized carbons (Fsp3) is 0.784. The maximum Gasteiger partial charge on any atom is 0.407 e. The summed E-state index contributed by atoms with van der Waals surface area (Å²) in [5, 5.41) is 12.9. The van der Waals surface area contributed by atoms with Crippen molar-refractivity contribution in [3.05, 3.63) is 35.4 Å². The number of nitrogens with zero attached hydrogens (tertiary/aromatic N) is 1. The highest BCUT2D eigenvalue weighted by molar-refractivity contribution is 5.87. The minimum atomic E-state index is -0.850. The molecular formula is C37H56N2O4. The lowest BCUT2D eigenvalue weighted by Gasteiger charge is -2.69. The number of carboxylic acids is 1. The van der Waals surface area contributed by atoms with Gasteiger partial charge in [0.15, 0.2) is 0 Å². The van der Waals surface area contributed by atoms with Gasteiger partial charge in [0.05, 0.1) is 5.56 Å². The van der Waals surface area contributed by atoms with Crippen molar-refractivity contribution in [2.75, 3.05) is 27.2 Å². The molecule has 5 aliphatic rings. The molecule has 1 aromatic rings. The number of likely N-dealkylation sites (N-methyl/N-ethyl adjacent to an activating group) is 1. The number of fused-ring (bicyclic) bond motifs is 7. The molecule has 43 heavy (non-hydrogen) atoms. The van der Waals surface area contributed by atoms with Crippen LogP contribution in [0.2, 0.25) is 0 Å². The first-order chi connectivity index (χ1) is 20.3. The number of carbonyl (C=O) groups excluding carboxylic acids is 1. The Balaban J connectivity index is 1.19. The van der Waals surface area contributed by atoms with E-state index in [1.807, 2.05) is 14.1 Å². The highest BCUT2D eigenvalue weighted by Gasteiger charge is 2.66. The van der Waals surface area contributed by atoms with Gasteiger partial charge in [0.2, 0.25) is 0 Å². The fourth-order valence-corrected chi connectivity index (χ4v) is 12.5. The highest BCUT2D eigenvalue weighted by Crippen LogP contribution is 2.73. The van der Waals surface area contributed by atoms with E-state index in [1.54, 1.807) is 12.1 Å². The Morgan fingerprint density at radius 2 is 1.58 bits per heavy atom. The van der Waals surface area contributed by atoms with E-state index in [1.165, 1.54) is 63.4 Å². The molecule has 0 bridgehead atoms. The summed E-state index contributed by atoms with van der Waals surface area (Å²) >= 11 is 0. The lowest BCUT2D eigenvalue weighted by molar-refractivity contribution is -0.195. The Labute approximate surface area is 259 Å². The standard InChI is InChI=1S/C37H56N2O4/c1-34(2)27(24-9-11-25(12-10-24)32(40)41)15-19-36(4)30(34)17-20-35(3)28-16-21-37(38-33(42)43-23-22-39(5)6)18-7-8-29(37)26(28)13-14-31(35)36/h9-12,26-31H,7-8,13-23H2,1-6H3,(H,38,42)(H,40,41)/t26-,27-,28?,29+,30?,31?,35-,36-,37-/m0/s1. The van der Waals surface area contributed by atoms with E-state index in [0.29, 0.717) is 46.7 Å². The van der Waals surface area contributed by atoms with Crippen LogP contribution in [0.3, 0.4) is 0 Å². The van der Waals surface area contributed by atoms with Gasteiger partial charge in [0.25, 0.3) is 0 Å². The van der Waals surface area contributed by atoms with Crippen molar-refractivity contribution in [1.29, 1.82) is 0 Å². The summed E-state index contributed by atoms with van der Waals surface area (Å²) < 4.78 is 5.63. The highest BCUT2D eigenvalue weighted by atomic mass is 16.5. The van der Waals surface area contributed by atoms with Crippen LogP contribution in [0, 0.1) is 45.8 Å². The van der Waals surface area contributed by atoms with Crippen LogP contribution in [0.15, 0.2) is 24.3 Å². The molecule has 0 heterocycles. The average Bonchev–Trinajstić information content (AvgIpc) is 3.36. The van der Waals surface area contributed by atoms with E-state index in [9.17, 15) is 14.7 Å². The topological polar surface area (TPSA) is 78.9 Å². The zero-order chi connectivity index (χ0) is 30.8. The van der Waals surface area contributed by atoms with E-state index in [2.05, 4.69) is 50.0 Å². The largest absolute Gasteiger partial charge is 0.478 e. The number of alkyl carbamates (subject to hydrolysis) is 1. The van der Waals surface area contributed by atoms with E-state index in [-0.39, 0.29) is 17.0 Å². The Kier molecular flexibility index (Phi) is 7.96. The van der Waals surface area contributed by atoms with Crippen molar-refractivity contribution < 1.29 is 19.4 Å². The first-order valence-electron chi connectivity index (χ1n) is 17.2. The van der Waals surface area contributed by atoms with Crippen molar-refractivity contribution in [1.82, 2.24) is 10.2 Å². The fourth-order valence-electron chi connectivity index (χ4n) is 12.5. The second-order valence-electron chi connectivity index (χ2n) is 16.6. The summed E-state index contributed by atoms with van der Waals surface area (Å²) in [6.45, 7) is 11.5. The third-order valence-corrected chi connectivity index (χ3v) is 14.2. The van der Waals surface area contributed by atoms with Crippen LogP contribution in [-0.2, 0) is 4.74 Å². The Hall–Kier alpha value is -2.08. The average molecular weight is 593 g/mol. The second-order valence-corrected chi connectivity index (χ2v) is 16.6. The second kappa shape index (κ2) is 11.1. The van der Waals surface area contributed by atoms with Gasteiger partial charge in [-0.25, -0.2) is 9.59 Å². The monoisotopic (exact) mass is 592 g/mol. The molecule has 1 aromatic carbocycles.